The molecule has 5 heteroatoms. The zero-order chi connectivity index (χ0) is 18.7. The monoisotopic (exact) mass is 364 g/mol. The molecule has 2 aromatic carbocycles. The van der Waals surface area contributed by atoms with Crippen LogP contribution in [0, 0.1) is 11.7 Å². The van der Waals surface area contributed by atoms with Crippen molar-refractivity contribution < 1.29 is 13.9 Å². The number of halogens is 1. The zero-order valence-electron chi connectivity index (χ0n) is 14.9. The van der Waals surface area contributed by atoms with Crippen molar-refractivity contribution in [2.45, 2.75) is 25.0 Å². The van der Waals surface area contributed by atoms with Gasteiger partial charge in [-0.25, -0.2) is 4.39 Å². The minimum atomic E-state index is -0.640. The molecule has 138 valence electrons. The lowest BCUT2D eigenvalue weighted by Crippen LogP contribution is -2.40. The van der Waals surface area contributed by atoms with Crippen LogP contribution in [0.15, 0.2) is 71.4 Å². The molecule has 2 aliphatic rings. The minimum absolute atomic E-state index is 0.0331. The molecular weight excluding hydrogens is 343 g/mol. The third-order valence-corrected chi connectivity index (χ3v) is 5.10. The number of carbonyl (C=O) groups is 1. The smallest absolute Gasteiger partial charge is 0.225 e. The molecule has 0 spiro atoms. The molecule has 2 unspecified atom stereocenters. The van der Waals surface area contributed by atoms with Crippen LogP contribution in [0.25, 0.3) is 0 Å². The van der Waals surface area contributed by atoms with E-state index in [0.29, 0.717) is 18.7 Å². The summed E-state index contributed by atoms with van der Waals surface area (Å²) in [5, 5.41) is 2.91. The summed E-state index contributed by atoms with van der Waals surface area (Å²) in [4.78, 5) is 17.1. The first kappa shape index (κ1) is 17.5. The first-order valence-electron chi connectivity index (χ1n) is 9.12. The molecule has 2 atom stereocenters. The molecule has 0 aliphatic carbocycles. The second-order valence-electron chi connectivity index (χ2n) is 7.01. The van der Waals surface area contributed by atoms with E-state index in [0.717, 1.165) is 17.5 Å². The number of nitrogens with one attached hydrogen (secondary N) is 1. The van der Waals surface area contributed by atoms with Crippen LogP contribution in [0.2, 0.25) is 0 Å². The Labute approximate surface area is 157 Å². The quantitative estimate of drug-likeness (QED) is 0.854. The molecule has 2 heterocycles. The van der Waals surface area contributed by atoms with Crippen molar-refractivity contribution in [2.24, 2.45) is 10.9 Å². The third-order valence-electron chi connectivity index (χ3n) is 5.10. The Hall–Kier alpha value is -2.95. The highest BCUT2D eigenvalue weighted by atomic mass is 19.1. The zero-order valence-corrected chi connectivity index (χ0v) is 14.9. The number of rotatable bonds is 6. The summed E-state index contributed by atoms with van der Waals surface area (Å²) >= 11 is 0. The van der Waals surface area contributed by atoms with E-state index in [4.69, 9.17) is 9.73 Å². The summed E-state index contributed by atoms with van der Waals surface area (Å²) in [6, 6.07) is 16.4. The normalized spacial score (nSPS) is 24.0. The van der Waals surface area contributed by atoms with Crippen molar-refractivity contribution in [3.8, 4) is 0 Å². The highest BCUT2D eigenvalue weighted by molar-refractivity contribution is 5.86. The maximum atomic E-state index is 13.3. The molecule has 27 heavy (non-hydrogen) atoms. The van der Waals surface area contributed by atoms with Gasteiger partial charge in [-0.15, -0.1) is 0 Å². The van der Waals surface area contributed by atoms with E-state index in [1.165, 1.54) is 12.1 Å². The summed E-state index contributed by atoms with van der Waals surface area (Å²) < 4.78 is 19.2. The van der Waals surface area contributed by atoms with Crippen LogP contribution in [0.1, 0.15) is 17.5 Å². The van der Waals surface area contributed by atoms with Crippen LogP contribution in [0.3, 0.4) is 0 Å². The van der Waals surface area contributed by atoms with E-state index < -0.39 is 5.54 Å². The van der Waals surface area contributed by atoms with Crippen LogP contribution in [0.4, 0.5) is 4.39 Å². The molecular formula is C22H21FN2O2. The van der Waals surface area contributed by atoms with E-state index >= 15 is 0 Å². The van der Waals surface area contributed by atoms with E-state index in [1.54, 1.807) is 12.3 Å². The van der Waals surface area contributed by atoms with Crippen molar-refractivity contribution in [1.82, 2.24) is 5.32 Å². The fourth-order valence-corrected chi connectivity index (χ4v) is 3.78. The van der Waals surface area contributed by atoms with E-state index in [9.17, 15) is 9.18 Å². The fraction of sp³-hybridized carbons (Fsp3) is 0.273. The first-order valence-corrected chi connectivity index (χ1v) is 9.12. The Kier molecular flexibility index (Phi) is 4.75. The second kappa shape index (κ2) is 7.35. The summed E-state index contributed by atoms with van der Waals surface area (Å²) in [7, 11) is 0. The molecule has 1 N–H and O–H groups in total. The number of ether oxygens (including phenoxy) is 1. The molecule has 0 aromatic heterocycles. The van der Waals surface area contributed by atoms with Gasteiger partial charge in [0.2, 0.25) is 5.91 Å². The van der Waals surface area contributed by atoms with Gasteiger partial charge in [-0.2, -0.15) is 0 Å². The van der Waals surface area contributed by atoms with Crippen molar-refractivity contribution in [3.63, 3.8) is 0 Å². The van der Waals surface area contributed by atoms with Gasteiger partial charge in [0.25, 0.3) is 0 Å². The summed E-state index contributed by atoms with van der Waals surface area (Å²) in [5.41, 5.74) is 1.24. The summed E-state index contributed by atoms with van der Waals surface area (Å²) in [6.07, 6.45) is 5.02. The van der Waals surface area contributed by atoms with E-state index in [1.807, 2.05) is 42.5 Å². The SMILES string of the molecule is O=C1NCCC1C1(Cc2ccccc2)C=C(OCc2cccc(F)c2)C=N1. The predicted octanol–water partition coefficient (Wildman–Crippen LogP) is 3.43. The van der Waals surface area contributed by atoms with Gasteiger partial charge >= 0.3 is 0 Å². The first-order chi connectivity index (χ1) is 13.1. The molecule has 0 saturated carbocycles. The summed E-state index contributed by atoms with van der Waals surface area (Å²) in [6.45, 7) is 0.927. The number of benzene rings is 2. The highest BCUT2D eigenvalue weighted by Gasteiger charge is 2.45. The van der Waals surface area contributed by atoms with E-state index in [-0.39, 0.29) is 24.2 Å². The van der Waals surface area contributed by atoms with Gasteiger partial charge in [-0.1, -0.05) is 42.5 Å². The van der Waals surface area contributed by atoms with Crippen LogP contribution >= 0.6 is 0 Å². The molecule has 0 bridgehead atoms. The average molecular weight is 364 g/mol. The van der Waals surface area contributed by atoms with Crippen LogP contribution in [-0.4, -0.2) is 24.2 Å². The minimum Gasteiger partial charge on any atom is -0.488 e. The lowest BCUT2D eigenvalue weighted by atomic mass is 9.79. The maximum absolute atomic E-state index is 13.3. The van der Waals surface area contributed by atoms with Crippen molar-refractivity contribution in [1.29, 1.82) is 0 Å². The molecule has 2 aliphatic heterocycles. The largest absolute Gasteiger partial charge is 0.488 e. The van der Waals surface area contributed by atoms with Gasteiger partial charge in [-0.05, 0) is 35.8 Å². The van der Waals surface area contributed by atoms with Crippen LogP contribution < -0.4 is 5.32 Å². The van der Waals surface area contributed by atoms with Gasteiger partial charge in [0.15, 0.2) is 0 Å². The lowest BCUT2D eigenvalue weighted by Gasteiger charge is -2.29. The number of hydrogen-bond donors (Lipinski definition) is 1. The molecule has 4 nitrogen and oxygen atoms in total. The Balaban J connectivity index is 1.56. The predicted molar refractivity (Wildman–Crippen MR) is 102 cm³/mol. The molecule has 0 radical (unpaired) electrons. The Morgan fingerprint density at radius 3 is 2.70 bits per heavy atom. The Morgan fingerprint density at radius 2 is 1.96 bits per heavy atom. The van der Waals surface area contributed by atoms with Gasteiger partial charge in [0, 0.05) is 13.0 Å². The lowest BCUT2D eigenvalue weighted by molar-refractivity contribution is -0.123. The standard InChI is InChI=1S/C22H21FN2O2/c23-18-8-4-7-17(11-18)15-27-19-13-22(25-14-19,20-9-10-24-21(20)26)12-16-5-2-1-3-6-16/h1-8,11,13-14,20H,9-10,12,15H2,(H,24,26). The second-order valence-corrected chi connectivity index (χ2v) is 7.01. The van der Waals surface area contributed by atoms with Gasteiger partial charge < -0.3 is 10.1 Å². The Morgan fingerprint density at radius 1 is 1.15 bits per heavy atom. The third kappa shape index (κ3) is 3.77. The Bertz CT molecular complexity index is 894. The number of nitrogens with zero attached hydrogens (tertiary/aromatic N) is 1. The molecule has 4 rings (SSSR count). The molecule has 1 saturated heterocycles. The molecule has 1 amide bonds. The maximum Gasteiger partial charge on any atom is 0.225 e. The van der Waals surface area contributed by atoms with E-state index in [2.05, 4.69) is 5.32 Å². The van der Waals surface area contributed by atoms with Gasteiger partial charge in [0.05, 0.1) is 17.7 Å². The number of allylic oxidation sites excluding steroid dienone is 1. The topological polar surface area (TPSA) is 50.7 Å². The number of amides is 1. The van der Waals surface area contributed by atoms with Crippen LogP contribution in [-0.2, 0) is 22.6 Å². The number of aliphatic imine (C=N–C) groups is 1. The van der Waals surface area contributed by atoms with Crippen molar-refractivity contribution >= 4 is 12.1 Å². The van der Waals surface area contributed by atoms with Gasteiger partial charge in [0.1, 0.15) is 18.2 Å². The van der Waals surface area contributed by atoms with Gasteiger partial charge in [-0.3, -0.25) is 9.79 Å². The van der Waals surface area contributed by atoms with Crippen molar-refractivity contribution in [3.05, 3.63) is 83.4 Å². The fourth-order valence-electron chi connectivity index (χ4n) is 3.78. The molecule has 1 fully saturated rings. The summed E-state index contributed by atoms with van der Waals surface area (Å²) in [5.74, 6) is 0.149. The van der Waals surface area contributed by atoms with Crippen LogP contribution in [0.5, 0.6) is 0 Å². The number of carbonyl (C=O) groups excluding carboxylic acids is 1. The molecule has 2 aromatic rings. The van der Waals surface area contributed by atoms with Crippen molar-refractivity contribution in [2.75, 3.05) is 6.54 Å². The highest BCUT2D eigenvalue weighted by Crippen LogP contribution is 2.37. The average Bonchev–Trinajstić information content (AvgIpc) is 3.28. The number of hydrogen-bond acceptors (Lipinski definition) is 3.